The van der Waals surface area contributed by atoms with Gasteiger partial charge in [-0.1, -0.05) is 35.9 Å². The Morgan fingerprint density at radius 1 is 1.28 bits per heavy atom. The smallest absolute Gasteiger partial charge is 0.245 e. The van der Waals surface area contributed by atoms with Crippen LogP contribution in [-0.4, -0.2) is 11.6 Å². The van der Waals surface area contributed by atoms with Crippen LogP contribution in [0.1, 0.15) is 18.4 Å². The van der Waals surface area contributed by atoms with Gasteiger partial charge in [-0.15, -0.1) is 0 Å². The largest absolute Gasteiger partial charge is 0.366 e. The molecule has 1 amide bonds. The first-order valence-corrected chi connectivity index (χ1v) is 6.01. The Morgan fingerprint density at radius 3 is 2.56 bits per heavy atom. The number of nitrogens with one attached hydrogen (secondary N) is 1. The number of primary amides is 1. The second-order valence-corrected chi connectivity index (χ2v) is 4.52. The van der Waals surface area contributed by atoms with Crippen molar-refractivity contribution in [3.05, 3.63) is 58.1 Å². The van der Waals surface area contributed by atoms with E-state index in [0.29, 0.717) is 28.3 Å². The van der Waals surface area contributed by atoms with Crippen LogP contribution in [-0.2, 0) is 4.79 Å². The molecule has 1 aromatic rings. The van der Waals surface area contributed by atoms with Gasteiger partial charge in [0.25, 0.3) is 0 Å². The van der Waals surface area contributed by atoms with Crippen molar-refractivity contribution in [1.82, 2.24) is 0 Å². The number of amides is 1. The van der Waals surface area contributed by atoms with Crippen molar-refractivity contribution in [3.63, 3.8) is 0 Å². The fourth-order valence-corrected chi connectivity index (χ4v) is 2.05. The van der Waals surface area contributed by atoms with E-state index < -0.39 is 5.91 Å². The molecule has 18 heavy (non-hydrogen) atoms. The van der Waals surface area contributed by atoms with Gasteiger partial charge in [0.05, 0.1) is 5.71 Å². The number of allylic oxidation sites excluding steroid dienone is 3. The van der Waals surface area contributed by atoms with Crippen molar-refractivity contribution in [2.75, 3.05) is 0 Å². The van der Waals surface area contributed by atoms with Crippen LogP contribution in [0.5, 0.6) is 0 Å². The maximum atomic E-state index is 11.4. The van der Waals surface area contributed by atoms with Gasteiger partial charge in [-0.05, 0) is 25.0 Å². The maximum Gasteiger partial charge on any atom is 0.245 e. The SMILES string of the molecule is N=C(C1=C(C(N)=O)CCC=C1)c1ccc(Cl)cc1. The minimum absolute atomic E-state index is 0.302. The minimum Gasteiger partial charge on any atom is -0.366 e. The highest BCUT2D eigenvalue weighted by atomic mass is 35.5. The van der Waals surface area contributed by atoms with Crippen molar-refractivity contribution >= 4 is 23.2 Å². The zero-order chi connectivity index (χ0) is 13.1. The first-order valence-electron chi connectivity index (χ1n) is 5.64. The molecule has 92 valence electrons. The monoisotopic (exact) mass is 260 g/mol. The summed E-state index contributed by atoms with van der Waals surface area (Å²) in [4.78, 5) is 11.4. The summed E-state index contributed by atoms with van der Waals surface area (Å²) in [7, 11) is 0. The average Bonchev–Trinajstić information content (AvgIpc) is 2.39. The molecule has 0 spiro atoms. The van der Waals surface area contributed by atoms with Crippen LogP contribution in [0.4, 0.5) is 0 Å². The summed E-state index contributed by atoms with van der Waals surface area (Å²) in [5.41, 5.74) is 7.51. The Balaban J connectivity index is 2.41. The van der Waals surface area contributed by atoms with E-state index >= 15 is 0 Å². The highest BCUT2D eigenvalue weighted by Crippen LogP contribution is 2.23. The number of nitrogens with two attached hydrogens (primary N) is 1. The van der Waals surface area contributed by atoms with Gasteiger partial charge in [0, 0.05) is 21.7 Å². The highest BCUT2D eigenvalue weighted by molar-refractivity contribution is 6.30. The lowest BCUT2D eigenvalue weighted by Gasteiger charge is -2.14. The van der Waals surface area contributed by atoms with E-state index in [-0.39, 0.29) is 0 Å². The summed E-state index contributed by atoms with van der Waals surface area (Å²) < 4.78 is 0. The molecule has 1 aliphatic rings. The van der Waals surface area contributed by atoms with Crippen molar-refractivity contribution in [2.45, 2.75) is 12.8 Å². The fourth-order valence-electron chi connectivity index (χ4n) is 1.93. The number of carbonyl (C=O) groups excluding carboxylic acids is 1. The number of hydrogen-bond donors (Lipinski definition) is 2. The molecule has 0 aromatic heterocycles. The molecule has 2 rings (SSSR count). The summed E-state index contributed by atoms with van der Waals surface area (Å²) in [5.74, 6) is -0.451. The molecule has 0 heterocycles. The van der Waals surface area contributed by atoms with E-state index in [2.05, 4.69) is 0 Å². The van der Waals surface area contributed by atoms with Gasteiger partial charge < -0.3 is 5.73 Å². The molecule has 0 bridgehead atoms. The van der Waals surface area contributed by atoms with E-state index in [1.54, 1.807) is 30.3 Å². The van der Waals surface area contributed by atoms with Crippen LogP contribution < -0.4 is 5.73 Å². The number of rotatable bonds is 3. The Hall–Kier alpha value is -1.87. The van der Waals surface area contributed by atoms with E-state index in [1.807, 2.05) is 6.08 Å². The van der Waals surface area contributed by atoms with E-state index in [0.717, 1.165) is 12.0 Å². The van der Waals surface area contributed by atoms with E-state index in [1.165, 1.54) is 0 Å². The molecule has 3 nitrogen and oxygen atoms in total. The molecule has 1 aliphatic carbocycles. The average molecular weight is 261 g/mol. The van der Waals surface area contributed by atoms with Gasteiger partial charge in [0.2, 0.25) is 5.91 Å². The molecule has 0 aliphatic heterocycles. The van der Waals surface area contributed by atoms with E-state index in [4.69, 9.17) is 22.7 Å². The summed E-state index contributed by atoms with van der Waals surface area (Å²) >= 11 is 5.81. The third-order valence-electron chi connectivity index (χ3n) is 2.87. The molecule has 0 radical (unpaired) electrons. The first-order chi connectivity index (χ1) is 8.59. The Bertz CT molecular complexity index is 556. The third-order valence-corrected chi connectivity index (χ3v) is 3.12. The van der Waals surface area contributed by atoms with Crippen molar-refractivity contribution in [2.24, 2.45) is 5.73 Å². The van der Waals surface area contributed by atoms with Gasteiger partial charge in [0.1, 0.15) is 0 Å². The normalized spacial score (nSPS) is 14.7. The molecule has 4 heteroatoms. The lowest BCUT2D eigenvalue weighted by atomic mass is 9.91. The number of halogens is 1. The summed E-state index contributed by atoms with van der Waals surface area (Å²) in [6.07, 6.45) is 5.12. The standard InChI is InChI=1S/C14H13ClN2O/c15-10-7-5-9(6-8-10)13(16)11-3-1-2-4-12(11)14(17)18/h1,3,5-8,16H,2,4H2,(H2,17,18). The molecule has 0 unspecified atom stereocenters. The van der Waals surface area contributed by atoms with Crippen LogP contribution >= 0.6 is 11.6 Å². The predicted octanol–water partition coefficient (Wildman–Crippen LogP) is 2.84. The third kappa shape index (κ3) is 2.51. The number of hydrogen-bond acceptors (Lipinski definition) is 2. The summed E-state index contributed by atoms with van der Waals surface area (Å²) in [5, 5.41) is 8.78. The molecule has 0 saturated carbocycles. The van der Waals surface area contributed by atoms with Gasteiger partial charge in [-0.25, -0.2) is 0 Å². The first kappa shape index (κ1) is 12.6. The zero-order valence-electron chi connectivity index (χ0n) is 9.74. The predicted molar refractivity (Wildman–Crippen MR) is 72.9 cm³/mol. The lowest BCUT2D eigenvalue weighted by molar-refractivity contribution is -0.114. The van der Waals surface area contributed by atoms with Gasteiger partial charge in [-0.3, -0.25) is 10.2 Å². The fraction of sp³-hybridized carbons (Fsp3) is 0.143. The van der Waals surface area contributed by atoms with Crippen LogP contribution in [0, 0.1) is 5.41 Å². The van der Waals surface area contributed by atoms with Crippen LogP contribution in [0.3, 0.4) is 0 Å². The molecular formula is C14H13ClN2O. The van der Waals surface area contributed by atoms with Crippen molar-refractivity contribution < 1.29 is 4.79 Å². The molecule has 3 N–H and O–H groups in total. The Morgan fingerprint density at radius 2 is 1.94 bits per heavy atom. The minimum atomic E-state index is -0.451. The Kier molecular flexibility index (Phi) is 3.63. The number of carbonyl (C=O) groups is 1. The van der Waals surface area contributed by atoms with Crippen LogP contribution in [0.15, 0.2) is 47.6 Å². The van der Waals surface area contributed by atoms with Gasteiger partial charge >= 0.3 is 0 Å². The molecule has 0 saturated heterocycles. The lowest BCUT2D eigenvalue weighted by Crippen LogP contribution is -2.20. The van der Waals surface area contributed by atoms with E-state index in [9.17, 15) is 4.79 Å². The highest BCUT2D eigenvalue weighted by Gasteiger charge is 2.17. The van der Waals surface area contributed by atoms with Crippen LogP contribution in [0.2, 0.25) is 5.02 Å². The van der Waals surface area contributed by atoms with Gasteiger partial charge in [-0.2, -0.15) is 0 Å². The summed E-state index contributed by atoms with van der Waals surface area (Å²) in [6, 6.07) is 6.97. The van der Waals surface area contributed by atoms with Gasteiger partial charge in [0.15, 0.2) is 0 Å². The number of benzene rings is 1. The van der Waals surface area contributed by atoms with Crippen molar-refractivity contribution in [3.8, 4) is 0 Å². The zero-order valence-corrected chi connectivity index (χ0v) is 10.5. The second-order valence-electron chi connectivity index (χ2n) is 4.08. The topological polar surface area (TPSA) is 66.9 Å². The maximum absolute atomic E-state index is 11.4. The summed E-state index contributed by atoms with van der Waals surface area (Å²) in [6.45, 7) is 0. The molecule has 0 fully saturated rings. The molecular weight excluding hydrogens is 248 g/mol. The Labute approximate surface area is 110 Å². The second kappa shape index (κ2) is 5.19. The van der Waals surface area contributed by atoms with Crippen LogP contribution in [0.25, 0.3) is 0 Å². The van der Waals surface area contributed by atoms with Crippen molar-refractivity contribution in [1.29, 1.82) is 5.41 Å². The molecule has 1 aromatic carbocycles. The quantitative estimate of drug-likeness (QED) is 0.807. The molecule has 0 atom stereocenters.